The highest BCUT2D eigenvalue weighted by Crippen LogP contribution is 2.15. The second kappa shape index (κ2) is 5.70. The molecule has 2 heteroatoms. The SMILES string of the molecule is N#C/C(=C\c1ccccc1)Cc1ccc(O)cc1. The minimum absolute atomic E-state index is 0.240. The van der Waals surface area contributed by atoms with E-state index in [1.807, 2.05) is 48.5 Å². The van der Waals surface area contributed by atoms with Gasteiger partial charge in [0.05, 0.1) is 6.07 Å². The minimum Gasteiger partial charge on any atom is -0.508 e. The molecule has 0 aliphatic heterocycles. The van der Waals surface area contributed by atoms with Gasteiger partial charge < -0.3 is 5.11 Å². The third-order valence-electron chi connectivity index (χ3n) is 2.61. The predicted molar refractivity (Wildman–Crippen MR) is 71.8 cm³/mol. The number of nitrogens with zero attached hydrogens (tertiary/aromatic N) is 1. The lowest BCUT2D eigenvalue weighted by Crippen LogP contribution is -1.88. The molecule has 2 aromatic rings. The molecule has 0 aliphatic carbocycles. The Morgan fingerprint density at radius 3 is 2.33 bits per heavy atom. The van der Waals surface area contributed by atoms with Crippen LogP contribution in [0.3, 0.4) is 0 Å². The van der Waals surface area contributed by atoms with Crippen LogP contribution in [0, 0.1) is 11.3 Å². The quantitative estimate of drug-likeness (QED) is 0.827. The van der Waals surface area contributed by atoms with Crippen LogP contribution < -0.4 is 0 Å². The van der Waals surface area contributed by atoms with E-state index < -0.39 is 0 Å². The second-order valence-corrected chi connectivity index (χ2v) is 4.04. The van der Waals surface area contributed by atoms with Gasteiger partial charge in [0.15, 0.2) is 0 Å². The van der Waals surface area contributed by atoms with E-state index in [4.69, 9.17) is 5.26 Å². The zero-order chi connectivity index (χ0) is 12.8. The average molecular weight is 235 g/mol. The lowest BCUT2D eigenvalue weighted by atomic mass is 10.0. The molecule has 0 radical (unpaired) electrons. The third-order valence-corrected chi connectivity index (χ3v) is 2.61. The van der Waals surface area contributed by atoms with E-state index in [2.05, 4.69) is 6.07 Å². The summed E-state index contributed by atoms with van der Waals surface area (Å²) in [5.74, 6) is 0.240. The highest BCUT2D eigenvalue weighted by Gasteiger charge is 1.99. The zero-order valence-corrected chi connectivity index (χ0v) is 9.88. The van der Waals surface area contributed by atoms with Gasteiger partial charge >= 0.3 is 0 Å². The molecule has 2 nitrogen and oxygen atoms in total. The Hall–Kier alpha value is -2.53. The number of nitriles is 1. The van der Waals surface area contributed by atoms with Crippen LogP contribution >= 0.6 is 0 Å². The van der Waals surface area contributed by atoms with Crippen molar-refractivity contribution in [1.82, 2.24) is 0 Å². The Labute approximate surface area is 106 Å². The van der Waals surface area contributed by atoms with Crippen molar-refractivity contribution in [1.29, 1.82) is 5.26 Å². The van der Waals surface area contributed by atoms with Crippen LogP contribution in [-0.4, -0.2) is 5.11 Å². The highest BCUT2D eigenvalue weighted by atomic mass is 16.3. The third kappa shape index (κ3) is 3.23. The van der Waals surface area contributed by atoms with Gasteiger partial charge in [-0.05, 0) is 29.3 Å². The summed E-state index contributed by atoms with van der Waals surface area (Å²) in [6.45, 7) is 0. The molecule has 0 unspecified atom stereocenters. The Balaban J connectivity index is 2.18. The summed E-state index contributed by atoms with van der Waals surface area (Å²) < 4.78 is 0. The first-order valence-electron chi connectivity index (χ1n) is 5.71. The molecule has 0 spiro atoms. The number of aromatic hydroxyl groups is 1. The molecule has 0 aromatic heterocycles. The molecule has 2 aromatic carbocycles. The fourth-order valence-corrected chi connectivity index (χ4v) is 1.71. The van der Waals surface area contributed by atoms with Crippen LogP contribution in [0.15, 0.2) is 60.2 Å². The van der Waals surface area contributed by atoms with Gasteiger partial charge in [-0.1, -0.05) is 42.5 Å². The smallest absolute Gasteiger partial charge is 0.115 e. The summed E-state index contributed by atoms with van der Waals surface area (Å²) in [4.78, 5) is 0. The molecule has 2 rings (SSSR count). The molecule has 0 fully saturated rings. The molecule has 0 heterocycles. The lowest BCUT2D eigenvalue weighted by Gasteiger charge is -2.01. The summed E-state index contributed by atoms with van der Waals surface area (Å²) in [6.07, 6.45) is 2.46. The van der Waals surface area contributed by atoms with Crippen molar-refractivity contribution in [2.24, 2.45) is 0 Å². The van der Waals surface area contributed by atoms with Crippen molar-refractivity contribution in [3.8, 4) is 11.8 Å². The molecule has 0 bridgehead atoms. The van der Waals surface area contributed by atoms with Gasteiger partial charge in [-0.25, -0.2) is 0 Å². The molecule has 0 amide bonds. The molecule has 1 N–H and O–H groups in total. The van der Waals surface area contributed by atoms with Gasteiger partial charge in [-0.3, -0.25) is 0 Å². The summed E-state index contributed by atoms with van der Waals surface area (Å²) >= 11 is 0. The van der Waals surface area contributed by atoms with Gasteiger partial charge in [-0.2, -0.15) is 5.26 Å². The summed E-state index contributed by atoms with van der Waals surface area (Å²) in [5, 5.41) is 18.3. The van der Waals surface area contributed by atoms with E-state index in [0.717, 1.165) is 11.1 Å². The topological polar surface area (TPSA) is 44.0 Å². The summed E-state index contributed by atoms with van der Waals surface area (Å²) in [7, 11) is 0. The van der Waals surface area contributed by atoms with Crippen LogP contribution in [0.25, 0.3) is 6.08 Å². The van der Waals surface area contributed by atoms with Crippen LogP contribution in [0.2, 0.25) is 0 Å². The standard InChI is InChI=1S/C16H13NO/c17-12-15(10-13-4-2-1-3-5-13)11-14-6-8-16(18)9-7-14/h1-10,18H,11H2/b15-10-. The molecular weight excluding hydrogens is 222 g/mol. The van der Waals surface area contributed by atoms with Gasteiger partial charge in [0.25, 0.3) is 0 Å². The van der Waals surface area contributed by atoms with Crippen LogP contribution in [0.4, 0.5) is 0 Å². The van der Waals surface area contributed by atoms with Crippen LogP contribution in [-0.2, 0) is 6.42 Å². The van der Waals surface area contributed by atoms with Crippen molar-refractivity contribution in [3.05, 3.63) is 71.3 Å². The molecule has 0 saturated carbocycles. The maximum absolute atomic E-state index is 9.20. The number of phenols is 1. The number of rotatable bonds is 3. The fraction of sp³-hybridized carbons (Fsp3) is 0.0625. The van der Waals surface area contributed by atoms with Crippen molar-refractivity contribution in [2.45, 2.75) is 6.42 Å². The van der Waals surface area contributed by atoms with Crippen molar-refractivity contribution < 1.29 is 5.11 Å². The van der Waals surface area contributed by atoms with E-state index in [0.29, 0.717) is 12.0 Å². The minimum atomic E-state index is 0.240. The van der Waals surface area contributed by atoms with Crippen molar-refractivity contribution in [3.63, 3.8) is 0 Å². The number of hydrogen-bond acceptors (Lipinski definition) is 2. The first-order valence-corrected chi connectivity index (χ1v) is 5.71. The van der Waals surface area contributed by atoms with E-state index in [1.165, 1.54) is 0 Å². The zero-order valence-electron chi connectivity index (χ0n) is 9.88. The Kier molecular flexibility index (Phi) is 3.78. The maximum atomic E-state index is 9.20. The van der Waals surface area contributed by atoms with E-state index in [1.54, 1.807) is 12.1 Å². The van der Waals surface area contributed by atoms with Crippen molar-refractivity contribution in [2.75, 3.05) is 0 Å². The molecule has 88 valence electrons. The van der Waals surface area contributed by atoms with Gasteiger partial charge in [0, 0.05) is 12.0 Å². The van der Waals surface area contributed by atoms with E-state index in [9.17, 15) is 5.11 Å². The van der Waals surface area contributed by atoms with Gasteiger partial charge in [0.2, 0.25) is 0 Å². The Morgan fingerprint density at radius 1 is 1.06 bits per heavy atom. The predicted octanol–water partition coefficient (Wildman–Crippen LogP) is 3.54. The second-order valence-electron chi connectivity index (χ2n) is 4.04. The van der Waals surface area contributed by atoms with E-state index in [-0.39, 0.29) is 5.75 Å². The molecule has 18 heavy (non-hydrogen) atoms. The molecular formula is C16H13NO. The summed E-state index contributed by atoms with van der Waals surface area (Å²) in [6, 6.07) is 18.9. The largest absolute Gasteiger partial charge is 0.508 e. The first-order chi connectivity index (χ1) is 8.78. The van der Waals surface area contributed by atoms with Gasteiger partial charge in [0.1, 0.15) is 5.75 Å². The highest BCUT2D eigenvalue weighted by molar-refractivity contribution is 5.57. The first kappa shape index (κ1) is 11.9. The monoisotopic (exact) mass is 235 g/mol. The molecule has 0 atom stereocenters. The van der Waals surface area contributed by atoms with Crippen molar-refractivity contribution >= 4 is 6.08 Å². The number of allylic oxidation sites excluding steroid dienone is 1. The molecule has 0 saturated heterocycles. The van der Waals surface area contributed by atoms with Gasteiger partial charge in [-0.15, -0.1) is 0 Å². The van der Waals surface area contributed by atoms with E-state index >= 15 is 0 Å². The number of phenolic OH excluding ortho intramolecular Hbond substituents is 1. The Bertz CT molecular complexity index is 577. The maximum Gasteiger partial charge on any atom is 0.115 e. The number of benzene rings is 2. The summed E-state index contributed by atoms with van der Waals surface area (Å²) in [5.41, 5.74) is 2.73. The molecule has 0 aliphatic rings. The Morgan fingerprint density at radius 2 is 1.72 bits per heavy atom. The van der Waals surface area contributed by atoms with Crippen LogP contribution in [0.1, 0.15) is 11.1 Å². The fourth-order valence-electron chi connectivity index (χ4n) is 1.71. The number of hydrogen-bond donors (Lipinski definition) is 1. The normalized spacial score (nSPS) is 10.9. The average Bonchev–Trinajstić information content (AvgIpc) is 2.41. The van der Waals surface area contributed by atoms with Crippen LogP contribution in [0.5, 0.6) is 5.75 Å². The lowest BCUT2D eigenvalue weighted by molar-refractivity contribution is 0.475.